The van der Waals surface area contributed by atoms with Crippen LogP contribution in [-0.4, -0.2) is 29.4 Å². The molecule has 0 aromatic heterocycles. The fourth-order valence-corrected chi connectivity index (χ4v) is 3.56. The molecule has 1 aliphatic rings. The Morgan fingerprint density at radius 3 is 2.67 bits per heavy atom. The maximum Gasteiger partial charge on any atom is 0.239 e. The zero-order valence-corrected chi connectivity index (χ0v) is 13.3. The van der Waals surface area contributed by atoms with Gasteiger partial charge in [-0.3, -0.25) is 4.79 Å². The van der Waals surface area contributed by atoms with Gasteiger partial charge in [0, 0.05) is 18.5 Å². The van der Waals surface area contributed by atoms with Crippen LogP contribution in [-0.2, 0) is 4.79 Å². The lowest BCUT2D eigenvalue weighted by Gasteiger charge is -2.33. The molecule has 3 heteroatoms. The largest absolute Gasteiger partial charge is 0.338 e. The molecule has 0 aliphatic carbocycles. The number of hydrogen-bond acceptors (Lipinski definition) is 2. The van der Waals surface area contributed by atoms with E-state index < -0.39 is 0 Å². The third-order valence-electron chi connectivity index (χ3n) is 4.63. The van der Waals surface area contributed by atoms with E-state index in [-0.39, 0.29) is 11.9 Å². The number of nitrogens with two attached hydrogens (primary N) is 1. The summed E-state index contributed by atoms with van der Waals surface area (Å²) in [5, 5.41) is 0. The fourth-order valence-electron chi connectivity index (χ4n) is 3.56. The lowest BCUT2D eigenvalue weighted by atomic mass is 9.87. The van der Waals surface area contributed by atoms with Crippen molar-refractivity contribution in [3.63, 3.8) is 0 Å². The highest BCUT2D eigenvalue weighted by atomic mass is 16.2. The Bertz CT molecular complexity index is 446. The van der Waals surface area contributed by atoms with E-state index in [4.69, 9.17) is 5.73 Å². The van der Waals surface area contributed by atoms with Crippen LogP contribution in [0.3, 0.4) is 0 Å². The summed E-state index contributed by atoms with van der Waals surface area (Å²) in [6, 6.07) is 10.6. The molecule has 0 radical (unpaired) electrons. The second kappa shape index (κ2) is 7.60. The van der Waals surface area contributed by atoms with Crippen LogP contribution in [0, 0.1) is 0 Å². The third-order valence-corrected chi connectivity index (χ3v) is 4.63. The van der Waals surface area contributed by atoms with Gasteiger partial charge >= 0.3 is 0 Å². The Morgan fingerprint density at radius 1 is 1.33 bits per heavy atom. The van der Waals surface area contributed by atoms with Crippen LogP contribution in [0.5, 0.6) is 0 Å². The van der Waals surface area contributed by atoms with Gasteiger partial charge in [-0.25, -0.2) is 0 Å². The third kappa shape index (κ3) is 3.65. The highest BCUT2D eigenvalue weighted by molar-refractivity contribution is 5.82. The van der Waals surface area contributed by atoms with Crippen molar-refractivity contribution in [2.45, 2.75) is 64.0 Å². The molecule has 3 nitrogen and oxygen atoms in total. The minimum atomic E-state index is -0.330. The van der Waals surface area contributed by atoms with Gasteiger partial charge in [-0.05, 0) is 31.2 Å². The summed E-state index contributed by atoms with van der Waals surface area (Å²) >= 11 is 0. The number of benzene rings is 1. The van der Waals surface area contributed by atoms with Crippen molar-refractivity contribution in [3.05, 3.63) is 35.9 Å². The average Bonchev–Trinajstić information content (AvgIpc) is 2.98. The second-order valence-corrected chi connectivity index (χ2v) is 6.06. The summed E-state index contributed by atoms with van der Waals surface area (Å²) < 4.78 is 0. The molecule has 0 saturated carbocycles. The normalized spacial score (nSPS) is 21.3. The molecule has 1 aromatic rings. The number of carbonyl (C=O) groups excluding carboxylic acids is 1. The van der Waals surface area contributed by atoms with E-state index in [1.54, 1.807) is 0 Å². The molecule has 1 aliphatic heterocycles. The Morgan fingerprint density at radius 2 is 2.05 bits per heavy atom. The van der Waals surface area contributed by atoms with Crippen LogP contribution in [0.4, 0.5) is 0 Å². The molecule has 21 heavy (non-hydrogen) atoms. The van der Waals surface area contributed by atoms with Gasteiger partial charge in [0.15, 0.2) is 0 Å². The summed E-state index contributed by atoms with van der Waals surface area (Å²) in [6.07, 6.45) is 4.99. The van der Waals surface area contributed by atoms with E-state index in [1.165, 1.54) is 5.56 Å². The second-order valence-electron chi connectivity index (χ2n) is 6.06. The Balaban J connectivity index is 2.15. The lowest BCUT2D eigenvalue weighted by molar-refractivity contribution is -0.134. The molecule has 2 rings (SSSR count). The molecule has 2 N–H and O–H groups in total. The minimum absolute atomic E-state index is 0.147. The predicted molar refractivity (Wildman–Crippen MR) is 87.1 cm³/mol. The van der Waals surface area contributed by atoms with Crippen molar-refractivity contribution < 1.29 is 4.79 Å². The fraction of sp³-hybridized carbons (Fsp3) is 0.611. The molecule has 1 saturated heterocycles. The smallest absolute Gasteiger partial charge is 0.239 e. The molecule has 1 heterocycles. The van der Waals surface area contributed by atoms with E-state index in [9.17, 15) is 4.79 Å². The summed E-state index contributed by atoms with van der Waals surface area (Å²) in [4.78, 5) is 14.7. The van der Waals surface area contributed by atoms with Gasteiger partial charge in [0.05, 0.1) is 6.04 Å². The number of rotatable bonds is 6. The molecule has 1 aromatic carbocycles. The van der Waals surface area contributed by atoms with Crippen molar-refractivity contribution in [2.24, 2.45) is 5.73 Å². The summed E-state index contributed by atoms with van der Waals surface area (Å²) in [6.45, 7) is 5.16. The molecule has 0 spiro atoms. The molecule has 0 bridgehead atoms. The molecule has 1 fully saturated rings. The van der Waals surface area contributed by atoms with Crippen LogP contribution >= 0.6 is 0 Å². The molecule has 116 valence electrons. The van der Waals surface area contributed by atoms with E-state index in [1.807, 2.05) is 6.07 Å². The predicted octanol–water partition coefficient (Wildman–Crippen LogP) is 3.30. The van der Waals surface area contributed by atoms with Crippen LogP contribution in [0.25, 0.3) is 0 Å². The topological polar surface area (TPSA) is 46.3 Å². The van der Waals surface area contributed by atoms with Crippen molar-refractivity contribution in [1.29, 1.82) is 0 Å². The summed E-state index contributed by atoms with van der Waals surface area (Å²) in [5.41, 5.74) is 7.40. The van der Waals surface area contributed by atoms with Crippen LogP contribution in [0.15, 0.2) is 30.3 Å². The van der Waals surface area contributed by atoms with Gasteiger partial charge in [-0.1, -0.05) is 50.6 Å². The number of carbonyl (C=O) groups is 1. The van der Waals surface area contributed by atoms with E-state index >= 15 is 0 Å². The van der Waals surface area contributed by atoms with Crippen LogP contribution in [0.2, 0.25) is 0 Å². The minimum Gasteiger partial charge on any atom is -0.338 e. The lowest BCUT2D eigenvalue weighted by Crippen LogP contribution is -2.47. The quantitative estimate of drug-likeness (QED) is 0.873. The van der Waals surface area contributed by atoms with Crippen molar-refractivity contribution in [1.82, 2.24) is 4.90 Å². The molecular formula is C18H28N2O. The van der Waals surface area contributed by atoms with Crippen molar-refractivity contribution >= 4 is 5.91 Å². The highest BCUT2D eigenvalue weighted by Crippen LogP contribution is 2.33. The first-order valence-corrected chi connectivity index (χ1v) is 8.30. The maximum absolute atomic E-state index is 12.6. The Hall–Kier alpha value is -1.35. The maximum atomic E-state index is 12.6. The van der Waals surface area contributed by atoms with Gasteiger partial charge in [0.25, 0.3) is 0 Å². The molecule has 1 amide bonds. The van der Waals surface area contributed by atoms with Crippen molar-refractivity contribution in [2.75, 3.05) is 6.54 Å². The van der Waals surface area contributed by atoms with E-state index in [0.29, 0.717) is 12.0 Å². The Labute approximate surface area is 128 Å². The number of likely N-dealkylation sites (tertiary alicyclic amines) is 1. The highest BCUT2D eigenvalue weighted by Gasteiger charge is 2.36. The van der Waals surface area contributed by atoms with Gasteiger partial charge in [0.1, 0.15) is 0 Å². The molecule has 3 unspecified atom stereocenters. The van der Waals surface area contributed by atoms with Gasteiger partial charge in [-0.2, -0.15) is 0 Å². The van der Waals surface area contributed by atoms with Crippen LogP contribution < -0.4 is 5.73 Å². The van der Waals surface area contributed by atoms with Gasteiger partial charge in [0.2, 0.25) is 5.91 Å². The zero-order valence-electron chi connectivity index (χ0n) is 13.3. The molecular weight excluding hydrogens is 260 g/mol. The zero-order chi connectivity index (χ0) is 15.2. The van der Waals surface area contributed by atoms with Crippen molar-refractivity contribution in [3.8, 4) is 0 Å². The average molecular weight is 288 g/mol. The SMILES string of the molecule is CCCC(N)C(=O)N1CCCC1C(CC)c1ccccc1. The number of amides is 1. The van der Waals surface area contributed by atoms with Crippen LogP contribution in [0.1, 0.15) is 57.4 Å². The first kappa shape index (κ1) is 16.0. The first-order valence-electron chi connectivity index (χ1n) is 8.30. The first-order chi connectivity index (χ1) is 10.2. The van der Waals surface area contributed by atoms with E-state index in [0.717, 1.165) is 38.6 Å². The summed E-state index contributed by atoms with van der Waals surface area (Å²) in [7, 11) is 0. The van der Waals surface area contributed by atoms with Gasteiger partial charge < -0.3 is 10.6 Å². The van der Waals surface area contributed by atoms with Gasteiger partial charge in [-0.15, -0.1) is 0 Å². The number of nitrogens with zero attached hydrogens (tertiary/aromatic N) is 1. The standard InChI is InChI=1S/C18H28N2O/c1-3-9-16(19)18(21)20-13-8-12-17(20)15(4-2)14-10-6-5-7-11-14/h5-7,10-11,15-17H,3-4,8-9,12-13,19H2,1-2H3. The number of hydrogen-bond donors (Lipinski definition) is 1. The summed E-state index contributed by atoms with van der Waals surface area (Å²) in [5.74, 6) is 0.570. The van der Waals surface area contributed by atoms with E-state index in [2.05, 4.69) is 43.0 Å². The molecule has 3 atom stereocenters. The monoisotopic (exact) mass is 288 g/mol. The Kier molecular flexibility index (Phi) is 5.80.